The van der Waals surface area contributed by atoms with Crippen LogP contribution in [0.1, 0.15) is 34.1 Å². The topological polar surface area (TPSA) is 52.6 Å². The fraction of sp³-hybridized carbons (Fsp3) is 0.222. The average molecular weight is 377 g/mol. The van der Waals surface area contributed by atoms with Gasteiger partial charge < -0.3 is 14.3 Å². The maximum Gasteiger partial charge on any atom is 0.162 e. The molecule has 0 aliphatic rings. The van der Waals surface area contributed by atoms with E-state index in [4.69, 9.17) is 9.47 Å². The second-order valence-electron chi connectivity index (χ2n) is 4.85. The Morgan fingerprint density at radius 2 is 1.96 bits per heavy atom. The lowest BCUT2D eigenvalue weighted by molar-refractivity contribution is -0.107. The van der Waals surface area contributed by atoms with Gasteiger partial charge in [-0.3, -0.25) is 4.79 Å². The molecule has 2 rings (SSSR count). The number of methoxy groups -OCH3 is 1. The van der Waals surface area contributed by atoms with Gasteiger partial charge in [0.15, 0.2) is 5.78 Å². The first-order valence-electron chi connectivity index (χ1n) is 7.17. The average Bonchev–Trinajstić information content (AvgIpc) is 2.60. The number of Topliss-reactive ketones (excluding diaryl/α,β-unsaturated/α-hetero) is 1. The van der Waals surface area contributed by atoms with E-state index in [1.807, 2.05) is 6.92 Å². The first-order chi connectivity index (χ1) is 11.1. The summed E-state index contributed by atoms with van der Waals surface area (Å²) in [5, 5.41) is 0. The predicted octanol–water partition coefficient (Wildman–Crippen LogP) is 4.72. The summed E-state index contributed by atoms with van der Waals surface area (Å²) in [5.41, 5.74) is 1.30. The SMILES string of the molecule is CCC(=O)c1cccc(Oc2ccc(OC)c(C(Br)C=O)c2)c1. The van der Waals surface area contributed by atoms with E-state index >= 15 is 0 Å². The van der Waals surface area contributed by atoms with Gasteiger partial charge in [0.25, 0.3) is 0 Å². The smallest absolute Gasteiger partial charge is 0.162 e. The summed E-state index contributed by atoms with van der Waals surface area (Å²) < 4.78 is 11.1. The third kappa shape index (κ3) is 4.20. The molecule has 1 unspecified atom stereocenters. The van der Waals surface area contributed by atoms with Crippen LogP contribution in [0.4, 0.5) is 0 Å². The number of halogens is 1. The van der Waals surface area contributed by atoms with E-state index in [2.05, 4.69) is 15.9 Å². The number of carbonyl (C=O) groups is 2. The first-order valence-corrected chi connectivity index (χ1v) is 8.09. The van der Waals surface area contributed by atoms with Crippen molar-refractivity contribution in [2.45, 2.75) is 18.2 Å². The molecule has 0 saturated heterocycles. The highest BCUT2D eigenvalue weighted by Crippen LogP contribution is 2.34. The number of rotatable bonds is 7. The summed E-state index contributed by atoms with van der Waals surface area (Å²) in [6.07, 6.45) is 1.23. The van der Waals surface area contributed by atoms with Gasteiger partial charge in [-0.25, -0.2) is 0 Å². The van der Waals surface area contributed by atoms with Crippen LogP contribution in [0.15, 0.2) is 42.5 Å². The monoisotopic (exact) mass is 376 g/mol. The number of alkyl halides is 1. The number of ether oxygens (including phenoxy) is 2. The maximum atomic E-state index is 11.8. The fourth-order valence-corrected chi connectivity index (χ4v) is 2.50. The molecule has 0 saturated carbocycles. The molecule has 23 heavy (non-hydrogen) atoms. The van der Waals surface area contributed by atoms with Gasteiger partial charge in [-0.1, -0.05) is 35.0 Å². The third-order valence-electron chi connectivity index (χ3n) is 3.33. The Morgan fingerprint density at radius 3 is 2.61 bits per heavy atom. The van der Waals surface area contributed by atoms with Crippen molar-refractivity contribution in [2.75, 3.05) is 7.11 Å². The van der Waals surface area contributed by atoms with Crippen LogP contribution in [-0.2, 0) is 4.79 Å². The van der Waals surface area contributed by atoms with Crippen molar-refractivity contribution in [3.05, 3.63) is 53.6 Å². The predicted molar refractivity (Wildman–Crippen MR) is 91.9 cm³/mol. The van der Waals surface area contributed by atoms with E-state index in [0.29, 0.717) is 34.8 Å². The Balaban J connectivity index is 2.30. The summed E-state index contributed by atoms with van der Waals surface area (Å²) in [4.78, 5) is 22.3. The molecular weight excluding hydrogens is 360 g/mol. The Morgan fingerprint density at radius 1 is 1.22 bits per heavy atom. The zero-order chi connectivity index (χ0) is 16.8. The molecule has 1 atom stereocenters. The van der Waals surface area contributed by atoms with E-state index in [9.17, 15) is 9.59 Å². The molecule has 2 aromatic carbocycles. The summed E-state index contributed by atoms with van der Waals surface area (Å²) >= 11 is 3.29. The molecule has 0 aliphatic heterocycles. The number of hydrogen-bond acceptors (Lipinski definition) is 4. The van der Waals surface area contributed by atoms with E-state index in [1.165, 1.54) is 0 Å². The number of aldehydes is 1. The number of ketones is 1. The number of benzene rings is 2. The van der Waals surface area contributed by atoms with Crippen LogP contribution in [-0.4, -0.2) is 19.2 Å². The van der Waals surface area contributed by atoms with Crippen molar-refractivity contribution in [3.63, 3.8) is 0 Å². The van der Waals surface area contributed by atoms with Gasteiger partial charge in [-0.05, 0) is 30.3 Å². The lowest BCUT2D eigenvalue weighted by atomic mass is 10.1. The minimum atomic E-state index is -0.478. The molecule has 0 spiro atoms. The highest BCUT2D eigenvalue weighted by molar-refractivity contribution is 9.09. The molecule has 0 N–H and O–H groups in total. The minimum absolute atomic E-state index is 0.0624. The van der Waals surface area contributed by atoms with Gasteiger partial charge in [0.1, 0.15) is 23.5 Å². The summed E-state index contributed by atoms with van der Waals surface area (Å²) in [6, 6.07) is 12.3. The molecular formula is C18H17BrO4. The molecule has 0 aromatic heterocycles. The van der Waals surface area contributed by atoms with Crippen molar-refractivity contribution < 1.29 is 19.1 Å². The second kappa shape index (κ2) is 7.92. The van der Waals surface area contributed by atoms with Gasteiger partial charge in [0.2, 0.25) is 0 Å². The molecule has 0 aliphatic carbocycles. The number of hydrogen-bond donors (Lipinski definition) is 0. The Labute approximate surface area is 143 Å². The van der Waals surface area contributed by atoms with Crippen LogP contribution in [0.2, 0.25) is 0 Å². The van der Waals surface area contributed by atoms with Crippen LogP contribution >= 0.6 is 15.9 Å². The Bertz CT molecular complexity index is 712. The van der Waals surface area contributed by atoms with E-state index < -0.39 is 4.83 Å². The van der Waals surface area contributed by atoms with Crippen molar-refractivity contribution >= 4 is 28.0 Å². The largest absolute Gasteiger partial charge is 0.496 e. The van der Waals surface area contributed by atoms with Gasteiger partial charge >= 0.3 is 0 Å². The molecule has 0 amide bonds. The van der Waals surface area contributed by atoms with E-state index in [0.717, 1.165) is 6.29 Å². The molecule has 0 radical (unpaired) electrons. The third-order valence-corrected chi connectivity index (χ3v) is 4.04. The lowest BCUT2D eigenvalue weighted by Gasteiger charge is -2.13. The zero-order valence-electron chi connectivity index (χ0n) is 12.9. The fourth-order valence-electron chi connectivity index (χ4n) is 2.14. The number of carbonyl (C=O) groups excluding carboxylic acids is 2. The van der Waals surface area contributed by atoms with Crippen LogP contribution in [0.3, 0.4) is 0 Å². The molecule has 0 bridgehead atoms. The molecule has 0 fully saturated rings. The molecule has 0 heterocycles. The van der Waals surface area contributed by atoms with E-state index in [-0.39, 0.29) is 5.78 Å². The van der Waals surface area contributed by atoms with Crippen LogP contribution in [0, 0.1) is 0 Å². The van der Waals surface area contributed by atoms with Gasteiger partial charge in [-0.2, -0.15) is 0 Å². The minimum Gasteiger partial charge on any atom is -0.496 e. The summed E-state index contributed by atoms with van der Waals surface area (Å²) in [7, 11) is 1.55. The van der Waals surface area contributed by atoms with Crippen molar-refractivity contribution in [1.29, 1.82) is 0 Å². The van der Waals surface area contributed by atoms with Gasteiger partial charge in [-0.15, -0.1) is 0 Å². The lowest BCUT2D eigenvalue weighted by Crippen LogP contribution is -1.98. The quantitative estimate of drug-likeness (QED) is 0.398. The maximum absolute atomic E-state index is 11.8. The highest BCUT2D eigenvalue weighted by atomic mass is 79.9. The zero-order valence-corrected chi connectivity index (χ0v) is 14.5. The normalized spacial score (nSPS) is 11.6. The Hall–Kier alpha value is -2.14. The Kier molecular flexibility index (Phi) is 5.93. The van der Waals surface area contributed by atoms with Crippen LogP contribution in [0.25, 0.3) is 0 Å². The second-order valence-corrected chi connectivity index (χ2v) is 5.83. The van der Waals surface area contributed by atoms with Gasteiger partial charge in [0, 0.05) is 17.5 Å². The van der Waals surface area contributed by atoms with Crippen LogP contribution in [0.5, 0.6) is 17.2 Å². The van der Waals surface area contributed by atoms with Crippen molar-refractivity contribution in [2.24, 2.45) is 0 Å². The van der Waals surface area contributed by atoms with Gasteiger partial charge in [0.05, 0.1) is 11.9 Å². The standard InChI is InChI=1S/C18H17BrO4/c1-3-17(21)12-5-4-6-13(9-12)23-14-7-8-18(22-2)15(10-14)16(19)11-20/h4-11,16H,3H2,1-2H3. The molecule has 120 valence electrons. The van der Waals surface area contributed by atoms with Crippen molar-refractivity contribution in [3.8, 4) is 17.2 Å². The van der Waals surface area contributed by atoms with Crippen molar-refractivity contribution in [1.82, 2.24) is 0 Å². The van der Waals surface area contributed by atoms with E-state index in [1.54, 1.807) is 49.6 Å². The van der Waals surface area contributed by atoms with Crippen LogP contribution < -0.4 is 9.47 Å². The summed E-state index contributed by atoms with van der Waals surface area (Å²) in [5.74, 6) is 1.79. The molecule has 4 nitrogen and oxygen atoms in total. The summed E-state index contributed by atoms with van der Waals surface area (Å²) in [6.45, 7) is 1.82. The molecule has 5 heteroatoms. The highest BCUT2D eigenvalue weighted by Gasteiger charge is 2.14. The first kappa shape index (κ1) is 17.2. The molecule has 2 aromatic rings.